The van der Waals surface area contributed by atoms with Crippen molar-refractivity contribution in [3.63, 3.8) is 0 Å². The third kappa shape index (κ3) is 7.70. The Labute approximate surface area is 264 Å². The minimum absolute atomic E-state index is 0.0388. The minimum atomic E-state index is -4.91. The number of azo groups is 1. The number of anilines is 4. The standard InChI is InChI=1S/C26H22ClN9O7S2/c1-14-8-10-16(11-9-14)28-25-30-24(27)31-26(32-25)29-18-13-21(45(39,40)41)19(12-20(18)44-43-42-38)33-34-22-15(2)35-36(23(22)37)17-6-4-3-5-7-17/h3-13,37-38H,1-2H3,(H,39,40,41)(H2,28,29,30,31,32). The van der Waals surface area contributed by atoms with Gasteiger partial charge in [0.2, 0.25) is 23.1 Å². The van der Waals surface area contributed by atoms with E-state index in [1.54, 1.807) is 49.4 Å². The van der Waals surface area contributed by atoms with Gasteiger partial charge in [-0.2, -0.15) is 33.2 Å². The molecule has 0 unspecified atom stereocenters. The number of hydrogen-bond acceptors (Lipinski definition) is 15. The third-order valence-corrected chi connectivity index (χ3v) is 7.62. The fourth-order valence-electron chi connectivity index (χ4n) is 3.88. The second-order valence-corrected chi connectivity index (χ2v) is 11.6. The van der Waals surface area contributed by atoms with E-state index in [1.807, 2.05) is 19.1 Å². The summed E-state index contributed by atoms with van der Waals surface area (Å²) < 4.78 is 40.7. The Bertz CT molecular complexity index is 1980. The van der Waals surface area contributed by atoms with Gasteiger partial charge < -0.3 is 15.7 Å². The number of nitrogens with zero attached hydrogens (tertiary/aromatic N) is 7. The molecule has 2 heterocycles. The van der Waals surface area contributed by atoms with Crippen LogP contribution in [0.5, 0.6) is 5.88 Å². The van der Waals surface area contributed by atoms with Crippen molar-refractivity contribution in [2.24, 2.45) is 10.2 Å². The molecular weight excluding hydrogens is 650 g/mol. The normalized spacial score (nSPS) is 11.7. The second kappa shape index (κ2) is 13.5. The molecule has 0 saturated heterocycles. The van der Waals surface area contributed by atoms with Crippen LogP contribution in [0, 0.1) is 13.8 Å². The highest BCUT2D eigenvalue weighted by molar-refractivity contribution is 7.94. The van der Waals surface area contributed by atoms with E-state index < -0.39 is 15.0 Å². The summed E-state index contributed by atoms with van der Waals surface area (Å²) in [5, 5.41) is 41.0. The quantitative estimate of drug-likeness (QED) is 0.0328. The van der Waals surface area contributed by atoms with Gasteiger partial charge in [0, 0.05) is 5.69 Å². The summed E-state index contributed by atoms with van der Waals surface area (Å²) in [5.41, 5.74) is 2.07. The third-order valence-electron chi connectivity index (χ3n) is 5.92. The first-order chi connectivity index (χ1) is 21.5. The van der Waals surface area contributed by atoms with Gasteiger partial charge in [-0.1, -0.05) is 40.9 Å². The molecule has 0 aliphatic heterocycles. The molecule has 2 aromatic heterocycles. The summed E-state index contributed by atoms with van der Waals surface area (Å²) in [6.07, 6.45) is 0. The average Bonchev–Trinajstić information content (AvgIpc) is 3.28. The lowest BCUT2D eigenvalue weighted by Gasteiger charge is -2.13. The predicted molar refractivity (Wildman–Crippen MR) is 164 cm³/mol. The first kappa shape index (κ1) is 31.7. The van der Waals surface area contributed by atoms with Gasteiger partial charge in [0.25, 0.3) is 10.1 Å². The molecule has 0 aliphatic carbocycles. The van der Waals surface area contributed by atoms with Gasteiger partial charge in [0.05, 0.1) is 34.0 Å². The van der Waals surface area contributed by atoms with Gasteiger partial charge in [0.15, 0.2) is 5.69 Å². The van der Waals surface area contributed by atoms with Crippen LogP contribution in [0.4, 0.5) is 34.6 Å². The first-order valence-electron chi connectivity index (χ1n) is 12.6. The largest absolute Gasteiger partial charge is 0.492 e. The highest BCUT2D eigenvalue weighted by Crippen LogP contribution is 2.40. The van der Waals surface area contributed by atoms with Gasteiger partial charge in [0.1, 0.15) is 10.6 Å². The van der Waals surface area contributed by atoms with E-state index in [1.165, 1.54) is 4.68 Å². The number of rotatable bonds is 11. The van der Waals surface area contributed by atoms with Crippen molar-refractivity contribution in [2.75, 3.05) is 10.6 Å². The number of aromatic hydroxyl groups is 1. The number of aromatic nitrogens is 5. The van der Waals surface area contributed by atoms with Crippen molar-refractivity contribution < 1.29 is 32.7 Å². The molecule has 0 spiro atoms. The maximum atomic E-state index is 12.4. The Morgan fingerprint density at radius 3 is 2.31 bits per heavy atom. The molecule has 5 N–H and O–H groups in total. The Morgan fingerprint density at radius 1 is 0.956 bits per heavy atom. The summed E-state index contributed by atoms with van der Waals surface area (Å²) in [6.45, 7) is 3.50. The van der Waals surface area contributed by atoms with Gasteiger partial charge in [-0.25, -0.2) is 5.26 Å². The molecule has 0 aliphatic rings. The van der Waals surface area contributed by atoms with Gasteiger partial charge in [-0.3, -0.25) is 4.55 Å². The number of benzene rings is 3. The Balaban J connectivity index is 1.52. The Hall–Kier alpha value is -4.69. The summed E-state index contributed by atoms with van der Waals surface area (Å²) in [5.74, 6) is -0.416. The number of nitrogens with one attached hydrogen (secondary N) is 2. The van der Waals surface area contributed by atoms with Crippen LogP contribution in [0.3, 0.4) is 0 Å². The lowest BCUT2D eigenvalue weighted by Crippen LogP contribution is -2.06. The minimum Gasteiger partial charge on any atom is -0.492 e. The van der Waals surface area contributed by atoms with Gasteiger partial charge in [-0.05, 0) is 61.8 Å². The monoisotopic (exact) mass is 671 g/mol. The lowest BCUT2D eigenvalue weighted by molar-refractivity contribution is -0.432. The van der Waals surface area contributed by atoms with E-state index in [2.05, 4.69) is 50.3 Å². The van der Waals surface area contributed by atoms with Crippen LogP contribution < -0.4 is 10.6 Å². The van der Waals surface area contributed by atoms with E-state index >= 15 is 0 Å². The SMILES string of the molecule is Cc1ccc(Nc2nc(Cl)nc(Nc3cc(S(=O)(=O)O)c(N=Nc4c(C)nn(-c5ccccc5)c4O)cc3SOOO)n2)cc1. The fourth-order valence-corrected chi connectivity index (χ4v) is 5.13. The van der Waals surface area contributed by atoms with Crippen molar-refractivity contribution in [3.05, 3.63) is 83.3 Å². The number of aryl methyl sites for hydroxylation is 2. The number of halogens is 1. The number of para-hydroxylation sites is 1. The van der Waals surface area contributed by atoms with E-state index in [9.17, 15) is 18.1 Å². The van der Waals surface area contributed by atoms with Crippen molar-refractivity contribution in [2.45, 2.75) is 23.6 Å². The molecule has 16 nitrogen and oxygen atoms in total. The molecule has 0 saturated carbocycles. The van der Waals surface area contributed by atoms with Crippen molar-refractivity contribution in [3.8, 4) is 11.6 Å². The number of hydrogen-bond donors (Lipinski definition) is 5. The highest BCUT2D eigenvalue weighted by Gasteiger charge is 2.23. The molecule has 0 amide bonds. The van der Waals surface area contributed by atoms with Crippen LogP contribution in [0.15, 0.2) is 86.7 Å². The van der Waals surface area contributed by atoms with Crippen LogP contribution >= 0.6 is 23.6 Å². The predicted octanol–water partition coefficient (Wildman–Crippen LogP) is 6.61. The van der Waals surface area contributed by atoms with E-state index in [0.717, 1.165) is 17.7 Å². The molecule has 3 aromatic carbocycles. The molecule has 232 valence electrons. The van der Waals surface area contributed by atoms with Crippen LogP contribution in [0.1, 0.15) is 11.3 Å². The van der Waals surface area contributed by atoms with E-state index in [-0.39, 0.29) is 50.7 Å². The molecule has 0 bridgehead atoms. The van der Waals surface area contributed by atoms with Crippen LogP contribution in [0.2, 0.25) is 5.28 Å². The van der Waals surface area contributed by atoms with E-state index in [4.69, 9.17) is 16.9 Å². The zero-order valence-corrected chi connectivity index (χ0v) is 25.5. The highest BCUT2D eigenvalue weighted by atomic mass is 35.5. The van der Waals surface area contributed by atoms with Crippen molar-refractivity contribution in [1.82, 2.24) is 24.7 Å². The Morgan fingerprint density at radius 2 is 1.64 bits per heavy atom. The van der Waals surface area contributed by atoms with Crippen LogP contribution in [-0.2, 0) is 19.5 Å². The Kier molecular flexibility index (Phi) is 9.54. The average molecular weight is 672 g/mol. The van der Waals surface area contributed by atoms with Crippen molar-refractivity contribution in [1.29, 1.82) is 0 Å². The summed E-state index contributed by atoms with van der Waals surface area (Å²) in [6, 6.07) is 18.3. The van der Waals surface area contributed by atoms with E-state index in [0.29, 0.717) is 23.4 Å². The molecule has 5 rings (SSSR count). The lowest BCUT2D eigenvalue weighted by atomic mass is 10.2. The molecule has 0 atom stereocenters. The smallest absolute Gasteiger partial charge is 0.296 e. The molecule has 5 aromatic rings. The zero-order chi connectivity index (χ0) is 32.1. The molecule has 45 heavy (non-hydrogen) atoms. The molecular formula is C26H22ClN9O7S2. The zero-order valence-electron chi connectivity index (χ0n) is 23.2. The molecule has 19 heteroatoms. The topological polar surface area (TPSA) is 219 Å². The van der Waals surface area contributed by atoms with Crippen molar-refractivity contribution >= 4 is 68.4 Å². The van der Waals surface area contributed by atoms with Crippen LogP contribution in [-0.4, -0.2) is 48.1 Å². The summed E-state index contributed by atoms with van der Waals surface area (Å²) >= 11 is 6.55. The maximum Gasteiger partial charge on any atom is 0.296 e. The second-order valence-electron chi connectivity index (χ2n) is 9.09. The summed E-state index contributed by atoms with van der Waals surface area (Å²) in [7, 11) is -4.91. The van der Waals surface area contributed by atoms with Gasteiger partial charge in [-0.15, -0.1) is 14.6 Å². The summed E-state index contributed by atoms with van der Waals surface area (Å²) in [4.78, 5) is 11.7. The van der Waals surface area contributed by atoms with Gasteiger partial charge >= 0.3 is 0 Å². The molecule has 0 fully saturated rings. The fraction of sp³-hybridized carbons (Fsp3) is 0.0769. The van der Waals surface area contributed by atoms with Crippen LogP contribution in [0.25, 0.3) is 5.69 Å². The maximum absolute atomic E-state index is 12.4. The molecule has 0 radical (unpaired) electrons. The first-order valence-corrected chi connectivity index (χ1v) is 15.2.